The van der Waals surface area contributed by atoms with E-state index < -0.39 is 0 Å². The zero-order valence-electron chi connectivity index (χ0n) is 14.6. The van der Waals surface area contributed by atoms with Crippen LogP contribution >= 0.6 is 0 Å². The fraction of sp³-hybridized carbons (Fsp3) is 0.350. The number of hydrogen-bond donors (Lipinski definition) is 1. The Kier molecular flexibility index (Phi) is 6.67. The van der Waals surface area contributed by atoms with E-state index in [1.807, 2.05) is 43.3 Å². The molecule has 1 N–H and O–H groups in total. The molecule has 24 heavy (non-hydrogen) atoms. The van der Waals surface area contributed by atoms with Gasteiger partial charge in [0.25, 0.3) is 0 Å². The molecule has 2 rings (SSSR count). The summed E-state index contributed by atoms with van der Waals surface area (Å²) in [7, 11) is 1.67. The Labute approximate surface area is 143 Å². The van der Waals surface area contributed by atoms with E-state index in [2.05, 4.69) is 18.3 Å². The number of nitrogens with one attached hydrogen (secondary N) is 1. The summed E-state index contributed by atoms with van der Waals surface area (Å²) in [6, 6.07) is 13.5. The van der Waals surface area contributed by atoms with Crippen LogP contribution in [0.5, 0.6) is 11.5 Å². The summed E-state index contributed by atoms with van der Waals surface area (Å²) in [5.41, 5.74) is 3.25. The molecule has 0 fully saturated rings. The first-order valence-corrected chi connectivity index (χ1v) is 8.28. The van der Waals surface area contributed by atoms with Crippen molar-refractivity contribution in [2.45, 2.75) is 33.1 Å². The summed E-state index contributed by atoms with van der Waals surface area (Å²) in [4.78, 5) is 12.0. The van der Waals surface area contributed by atoms with Gasteiger partial charge in [-0.15, -0.1) is 0 Å². The van der Waals surface area contributed by atoms with Gasteiger partial charge in [0.2, 0.25) is 5.91 Å². The van der Waals surface area contributed by atoms with Crippen LogP contribution in [0.2, 0.25) is 0 Å². The summed E-state index contributed by atoms with van der Waals surface area (Å²) < 4.78 is 10.6. The number of hydrogen-bond acceptors (Lipinski definition) is 3. The number of amides is 1. The highest BCUT2D eigenvalue weighted by molar-refractivity contribution is 5.90. The Morgan fingerprint density at radius 2 is 1.79 bits per heavy atom. The largest absolute Gasteiger partial charge is 0.497 e. The van der Waals surface area contributed by atoms with Crippen molar-refractivity contribution in [2.75, 3.05) is 19.0 Å². The minimum Gasteiger partial charge on any atom is -0.497 e. The predicted molar refractivity (Wildman–Crippen MR) is 96.9 cm³/mol. The van der Waals surface area contributed by atoms with Gasteiger partial charge in [-0.1, -0.05) is 6.07 Å². The summed E-state index contributed by atoms with van der Waals surface area (Å²) in [5, 5.41) is 2.92. The van der Waals surface area contributed by atoms with Crippen LogP contribution in [0.25, 0.3) is 0 Å². The average Bonchev–Trinajstić information content (AvgIpc) is 2.58. The lowest BCUT2D eigenvalue weighted by atomic mass is 10.0. The van der Waals surface area contributed by atoms with Crippen LogP contribution < -0.4 is 14.8 Å². The molecule has 2 aromatic rings. The maximum atomic E-state index is 12.0. The third kappa shape index (κ3) is 5.30. The third-order valence-corrected chi connectivity index (χ3v) is 3.85. The van der Waals surface area contributed by atoms with Crippen molar-refractivity contribution in [1.29, 1.82) is 0 Å². The molecule has 0 aliphatic heterocycles. The zero-order chi connectivity index (χ0) is 17.4. The van der Waals surface area contributed by atoms with Crippen LogP contribution in [0.4, 0.5) is 5.69 Å². The number of rotatable bonds is 8. The highest BCUT2D eigenvalue weighted by Crippen LogP contribution is 2.19. The Morgan fingerprint density at radius 1 is 1.08 bits per heavy atom. The maximum absolute atomic E-state index is 12.0. The fourth-order valence-electron chi connectivity index (χ4n) is 2.54. The molecule has 2 aromatic carbocycles. The van der Waals surface area contributed by atoms with Crippen molar-refractivity contribution in [3.8, 4) is 11.5 Å². The minimum absolute atomic E-state index is 0.0327. The molecule has 0 heterocycles. The Bertz CT molecular complexity index is 665. The van der Waals surface area contributed by atoms with Gasteiger partial charge in [-0.25, -0.2) is 0 Å². The first-order valence-electron chi connectivity index (χ1n) is 8.28. The van der Waals surface area contributed by atoms with Crippen molar-refractivity contribution in [1.82, 2.24) is 0 Å². The van der Waals surface area contributed by atoms with Crippen molar-refractivity contribution >= 4 is 11.6 Å². The van der Waals surface area contributed by atoms with Crippen LogP contribution in [0.15, 0.2) is 42.5 Å². The zero-order valence-corrected chi connectivity index (χ0v) is 14.6. The van der Waals surface area contributed by atoms with E-state index in [0.29, 0.717) is 13.0 Å². The van der Waals surface area contributed by atoms with Crippen molar-refractivity contribution in [2.24, 2.45) is 0 Å². The standard InChI is InChI=1S/C20H25NO3/c1-4-24-18-12-9-17(10-13-18)21-20(22)7-5-6-16-8-11-19(23-3)14-15(16)2/h8-14H,4-7H2,1-3H3,(H,21,22). The fourth-order valence-corrected chi connectivity index (χ4v) is 2.54. The quantitative estimate of drug-likeness (QED) is 0.783. The second kappa shape index (κ2) is 8.96. The molecule has 128 valence electrons. The predicted octanol–water partition coefficient (Wildman–Crippen LogP) is 4.36. The third-order valence-electron chi connectivity index (χ3n) is 3.85. The number of carbonyl (C=O) groups excluding carboxylic acids is 1. The molecular formula is C20H25NO3. The van der Waals surface area contributed by atoms with E-state index in [4.69, 9.17) is 9.47 Å². The lowest BCUT2D eigenvalue weighted by Crippen LogP contribution is -2.11. The molecule has 0 saturated carbocycles. The molecule has 0 spiro atoms. The normalized spacial score (nSPS) is 10.3. The summed E-state index contributed by atoms with van der Waals surface area (Å²) >= 11 is 0. The Balaban J connectivity index is 1.78. The van der Waals surface area contributed by atoms with Gasteiger partial charge in [0, 0.05) is 12.1 Å². The molecule has 1 amide bonds. The number of methoxy groups -OCH3 is 1. The number of benzene rings is 2. The van der Waals surface area contributed by atoms with Gasteiger partial charge < -0.3 is 14.8 Å². The van der Waals surface area contributed by atoms with Crippen LogP contribution in [-0.2, 0) is 11.2 Å². The highest BCUT2D eigenvalue weighted by atomic mass is 16.5. The molecule has 0 aliphatic carbocycles. The van der Waals surface area contributed by atoms with Crippen LogP contribution in [-0.4, -0.2) is 19.6 Å². The van der Waals surface area contributed by atoms with Gasteiger partial charge in [-0.05, 0) is 74.2 Å². The summed E-state index contributed by atoms with van der Waals surface area (Å²) in [5.74, 6) is 1.71. The molecular weight excluding hydrogens is 302 g/mol. The number of aryl methyl sites for hydroxylation is 2. The van der Waals surface area contributed by atoms with Crippen molar-refractivity contribution in [3.05, 3.63) is 53.6 Å². The first kappa shape index (κ1) is 17.9. The van der Waals surface area contributed by atoms with Gasteiger partial charge in [-0.2, -0.15) is 0 Å². The number of anilines is 1. The van der Waals surface area contributed by atoms with Gasteiger partial charge >= 0.3 is 0 Å². The average molecular weight is 327 g/mol. The summed E-state index contributed by atoms with van der Waals surface area (Å²) in [6.07, 6.45) is 2.20. The second-order valence-electron chi connectivity index (χ2n) is 5.65. The van der Waals surface area contributed by atoms with E-state index in [0.717, 1.165) is 30.0 Å². The molecule has 0 aromatic heterocycles. The minimum atomic E-state index is 0.0327. The van der Waals surface area contributed by atoms with Crippen LogP contribution in [0.1, 0.15) is 30.9 Å². The lowest BCUT2D eigenvalue weighted by Gasteiger charge is -2.09. The van der Waals surface area contributed by atoms with Gasteiger partial charge in [0.15, 0.2) is 0 Å². The van der Waals surface area contributed by atoms with Crippen molar-refractivity contribution in [3.63, 3.8) is 0 Å². The van der Waals surface area contributed by atoms with Crippen LogP contribution in [0.3, 0.4) is 0 Å². The topological polar surface area (TPSA) is 47.6 Å². The van der Waals surface area contributed by atoms with E-state index in [1.165, 1.54) is 11.1 Å². The van der Waals surface area contributed by atoms with E-state index in [1.54, 1.807) is 7.11 Å². The van der Waals surface area contributed by atoms with Gasteiger partial charge in [0.1, 0.15) is 11.5 Å². The van der Waals surface area contributed by atoms with Gasteiger partial charge in [-0.3, -0.25) is 4.79 Å². The molecule has 0 bridgehead atoms. The summed E-state index contributed by atoms with van der Waals surface area (Å²) in [6.45, 7) is 4.65. The van der Waals surface area contributed by atoms with Gasteiger partial charge in [0.05, 0.1) is 13.7 Å². The molecule has 0 saturated heterocycles. The molecule has 0 aliphatic rings. The molecule has 0 atom stereocenters. The monoisotopic (exact) mass is 327 g/mol. The van der Waals surface area contributed by atoms with E-state index >= 15 is 0 Å². The second-order valence-corrected chi connectivity index (χ2v) is 5.65. The molecule has 4 nitrogen and oxygen atoms in total. The Hall–Kier alpha value is -2.49. The maximum Gasteiger partial charge on any atom is 0.224 e. The number of carbonyl (C=O) groups is 1. The van der Waals surface area contributed by atoms with Crippen molar-refractivity contribution < 1.29 is 14.3 Å². The molecule has 0 unspecified atom stereocenters. The number of ether oxygens (including phenoxy) is 2. The highest BCUT2D eigenvalue weighted by Gasteiger charge is 2.05. The first-order chi connectivity index (χ1) is 11.6. The SMILES string of the molecule is CCOc1ccc(NC(=O)CCCc2ccc(OC)cc2C)cc1. The molecule has 4 heteroatoms. The smallest absolute Gasteiger partial charge is 0.224 e. The Morgan fingerprint density at radius 3 is 2.42 bits per heavy atom. The van der Waals surface area contributed by atoms with Crippen LogP contribution in [0, 0.1) is 6.92 Å². The lowest BCUT2D eigenvalue weighted by molar-refractivity contribution is -0.116. The van der Waals surface area contributed by atoms with E-state index in [-0.39, 0.29) is 5.91 Å². The van der Waals surface area contributed by atoms with E-state index in [9.17, 15) is 4.79 Å². The molecule has 0 radical (unpaired) electrons.